The van der Waals surface area contributed by atoms with Gasteiger partial charge in [-0.05, 0) is 84.3 Å². The van der Waals surface area contributed by atoms with Gasteiger partial charge >= 0.3 is 0 Å². The van der Waals surface area contributed by atoms with Crippen molar-refractivity contribution in [1.82, 2.24) is 9.88 Å². The van der Waals surface area contributed by atoms with Gasteiger partial charge in [0.25, 0.3) is 0 Å². The van der Waals surface area contributed by atoms with Gasteiger partial charge in [0.2, 0.25) is 0 Å². The van der Waals surface area contributed by atoms with Crippen molar-refractivity contribution in [2.24, 2.45) is 0 Å². The van der Waals surface area contributed by atoms with Gasteiger partial charge in [0.1, 0.15) is 0 Å². The number of nitrogens with one attached hydrogen (secondary N) is 1. The Bertz CT molecular complexity index is 991. The molecule has 2 aliphatic rings. The molecular weight excluding hydrogens is 451 g/mol. The maximum absolute atomic E-state index is 3.48. The van der Waals surface area contributed by atoms with Crippen molar-refractivity contribution in [2.45, 2.75) is 35.1 Å². The summed E-state index contributed by atoms with van der Waals surface area (Å²) in [6, 6.07) is 16.1. The molecule has 1 atom stereocenters. The van der Waals surface area contributed by atoms with E-state index in [0.29, 0.717) is 0 Å². The second-order valence-electron chi connectivity index (χ2n) is 7.17. The van der Waals surface area contributed by atoms with Crippen LogP contribution in [0.15, 0.2) is 64.5 Å². The van der Waals surface area contributed by atoms with Crippen molar-refractivity contribution in [3.05, 3.63) is 63.9 Å². The van der Waals surface area contributed by atoms with E-state index in [1.807, 2.05) is 11.8 Å². The molecule has 3 aromatic rings. The van der Waals surface area contributed by atoms with E-state index in [0.717, 1.165) is 12.6 Å². The Morgan fingerprint density at radius 2 is 2.08 bits per heavy atom. The molecule has 0 spiro atoms. The third-order valence-corrected chi connectivity index (χ3v) is 7.96. The molecule has 1 fully saturated rings. The van der Waals surface area contributed by atoms with Crippen LogP contribution < -0.4 is 0 Å². The van der Waals surface area contributed by atoms with Crippen LogP contribution in [-0.2, 0) is 0 Å². The molecule has 4 heteroatoms. The van der Waals surface area contributed by atoms with Gasteiger partial charge in [-0.3, -0.25) is 4.90 Å². The lowest BCUT2D eigenvalue weighted by atomic mass is 9.94. The number of nitrogens with zero attached hydrogens (tertiary/aromatic N) is 1. The first-order chi connectivity index (χ1) is 12.8. The average molecular weight is 472 g/mol. The van der Waals surface area contributed by atoms with E-state index in [9.17, 15) is 0 Å². The number of benzene rings is 2. The lowest BCUT2D eigenvalue weighted by Gasteiger charge is -2.29. The summed E-state index contributed by atoms with van der Waals surface area (Å²) < 4.78 is 1.31. The molecule has 26 heavy (non-hydrogen) atoms. The first-order valence-corrected chi connectivity index (χ1v) is 11.1. The zero-order valence-corrected chi connectivity index (χ0v) is 17.5. The lowest BCUT2D eigenvalue weighted by Crippen LogP contribution is -2.32. The third kappa shape index (κ3) is 3.12. The Hall–Kier alpha value is -1.24. The quantitative estimate of drug-likeness (QED) is 0.460. The van der Waals surface area contributed by atoms with Crippen LogP contribution in [0.5, 0.6) is 0 Å². The topological polar surface area (TPSA) is 19.0 Å². The Labute approximate surface area is 172 Å². The van der Waals surface area contributed by atoms with Gasteiger partial charge in [-0.15, -0.1) is 0 Å². The number of rotatable bonds is 3. The van der Waals surface area contributed by atoms with Crippen LogP contribution in [0, 0.1) is 3.57 Å². The number of halogens is 1. The van der Waals surface area contributed by atoms with Crippen molar-refractivity contribution >= 4 is 50.8 Å². The zero-order valence-electron chi connectivity index (χ0n) is 14.5. The summed E-state index contributed by atoms with van der Waals surface area (Å²) in [7, 11) is 0. The Morgan fingerprint density at radius 3 is 3.00 bits per heavy atom. The number of fused-ring (bicyclic) bond motifs is 2. The molecule has 5 rings (SSSR count). The average Bonchev–Trinajstić information content (AvgIpc) is 3.29. The normalized spacial score (nSPS) is 20.3. The van der Waals surface area contributed by atoms with E-state index in [4.69, 9.17) is 0 Å². The maximum atomic E-state index is 3.48. The SMILES string of the molecule is Ic1ccccc1Sc1ccc2[nH]cc(C3=CCN4CCCC4C3)c2c1. The van der Waals surface area contributed by atoms with E-state index in [1.165, 1.54) is 61.2 Å². The molecule has 0 radical (unpaired) electrons. The molecule has 1 aromatic heterocycles. The van der Waals surface area contributed by atoms with Crippen LogP contribution in [0.3, 0.4) is 0 Å². The van der Waals surface area contributed by atoms with E-state index in [-0.39, 0.29) is 0 Å². The zero-order chi connectivity index (χ0) is 17.5. The molecule has 2 aliphatic heterocycles. The van der Waals surface area contributed by atoms with Gasteiger partial charge in [-0.2, -0.15) is 0 Å². The van der Waals surface area contributed by atoms with Crippen LogP contribution in [-0.4, -0.2) is 29.0 Å². The van der Waals surface area contributed by atoms with E-state index >= 15 is 0 Å². The molecule has 1 unspecified atom stereocenters. The number of aromatic nitrogens is 1. The number of hydrogen-bond donors (Lipinski definition) is 1. The summed E-state index contributed by atoms with van der Waals surface area (Å²) >= 11 is 4.27. The fraction of sp³-hybridized carbons (Fsp3) is 0.273. The van der Waals surface area contributed by atoms with E-state index < -0.39 is 0 Å². The van der Waals surface area contributed by atoms with Gasteiger partial charge in [-0.1, -0.05) is 30.0 Å². The molecule has 1 saturated heterocycles. The van der Waals surface area contributed by atoms with Crippen molar-refractivity contribution in [2.75, 3.05) is 13.1 Å². The fourth-order valence-corrected chi connectivity index (χ4v) is 5.83. The van der Waals surface area contributed by atoms with Crippen molar-refractivity contribution in [3.63, 3.8) is 0 Å². The number of aromatic amines is 1. The molecule has 0 amide bonds. The molecule has 1 N–H and O–H groups in total. The van der Waals surface area contributed by atoms with Crippen molar-refractivity contribution < 1.29 is 0 Å². The van der Waals surface area contributed by atoms with Gasteiger partial charge in [0.05, 0.1) is 0 Å². The maximum Gasteiger partial charge on any atom is 0.0461 e. The fourth-order valence-electron chi connectivity index (χ4n) is 4.23. The second-order valence-corrected chi connectivity index (χ2v) is 9.44. The highest BCUT2D eigenvalue weighted by molar-refractivity contribution is 14.1. The van der Waals surface area contributed by atoms with Crippen LogP contribution >= 0.6 is 34.4 Å². The minimum Gasteiger partial charge on any atom is -0.361 e. The minimum atomic E-state index is 0.753. The van der Waals surface area contributed by atoms with Crippen molar-refractivity contribution in [3.8, 4) is 0 Å². The van der Waals surface area contributed by atoms with Crippen LogP contribution in [0.1, 0.15) is 24.8 Å². The standard InChI is InChI=1S/C22H21IN2S/c23-20-5-1-2-6-22(20)26-17-7-8-21-18(13-17)19(14-24-21)15-9-11-25-10-3-4-16(25)12-15/h1-2,5-9,13-14,16,24H,3-4,10-12H2. The summed E-state index contributed by atoms with van der Waals surface area (Å²) in [4.78, 5) is 8.75. The second kappa shape index (κ2) is 7.06. The first kappa shape index (κ1) is 16.9. The van der Waals surface area contributed by atoms with Gasteiger partial charge in [0, 0.05) is 48.6 Å². The molecule has 0 aliphatic carbocycles. The molecule has 132 valence electrons. The van der Waals surface area contributed by atoms with Crippen LogP contribution in [0.4, 0.5) is 0 Å². The highest BCUT2D eigenvalue weighted by Gasteiger charge is 2.28. The van der Waals surface area contributed by atoms with Gasteiger partial charge in [-0.25, -0.2) is 0 Å². The van der Waals surface area contributed by atoms with E-state index in [1.54, 1.807) is 0 Å². The highest BCUT2D eigenvalue weighted by Crippen LogP contribution is 2.38. The lowest BCUT2D eigenvalue weighted by molar-refractivity contribution is 0.275. The Kier molecular flexibility index (Phi) is 4.59. The molecule has 0 saturated carbocycles. The predicted molar refractivity (Wildman–Crippen MR) is 119 cm³/mol. The van der Waals surface area contributed by atoms with Crippen LogP contribution in [0.2, 0.25) is 0 Å². The van der Waals surface area contributed by atoms with E-state index in [2.05, 4.69) is 87.2 Å². The third-order valence-electron chi connectivity index (χ3n) is 5.59. The molecule has 2 nitrogen and oxygen atoms in total. The highest BCUT2D eigenvalue weighted by atomic mass is 127. The number of H-pyrrole nitrogens is 1. The monoisotopic (exact) mass is 472 g/mol. The Morgan fingerprint density at radius 1 is 1.15 bits per heavy atom. The largest absolute Gasteiger partial charge is 0.361 e. The minimum absolute atomic E-state index is 0.753. The number of hydrogen-bond acceptors (Lipinski definition) is 2. The summed E-state index contributed by atoms with van der Waals surface area (Å²) in [5.41, 5.74) is 4.16. The predicted octanol–water partition coefficient (Wildman–Crippen LogP) is 6.18. The first-order valence-electron chi connectivity index (χ1n) is 9.25. The smallest absolute Gasteiger partial charge is 0.0461 e. The van der Waals surface area contributed by atoms with Crippen LogP contribution in [0.25, 0.3) is 16.5 Å². The summed E-state index contributed by atoms with van der Waals surface area (Å²) in [5.74, 6) is 0. The molecule has 2 aromatic carbocycles. The summed E-state index contributed by atoms with van der Waals surface area (Å²) in [5, 5.41) is 1.36. The molecule has 0 bridgehead atoms. The Balaban J connectivity index is 1.49. The summed E-state index contributed by atoms with van der Waals surface area (Å²) in [6.45, 7) is 2.39. The van der Waals surface area contributed by atoms with Gasteiger partial charge in [0.15, 0.2) is 0 Å². The molecular formula is C22H21IN2S. The molecule has 3 heterocycles. The summed E-state index contributed by atoms with van der Waals surface area (Å²) in [6.07, 6.45) is 8.57. The van der Waals surface area contributed by atoms with Crippen molar-refractivity contribution in [1.29, 1.82) is 0 Å². The van der Waals surface area contributed by atoms with Gasteiger partial charge < -0.3 is 4.98 Å².